The number of nitrogens with one attached hydrogen (secondary N) is 3. The van der Waals surface area contributed by atoms with Gasteiger partial charge in [-0.25, -0.2) is 0 Å². The molecular weight excluding hydrogens is 428 g/mol. The number of carbonyl (C=O) groups is 1. The molecule has 1 amide bonds. The Kier molecular flexibility index (Phi) is 10.00. The molecule has 0 aliphatic rings. The molecule has 0 spiro atoms. The van der Waals surface area contributed by atoms with E-state index in [1.807, 2.05) is 25.1 Å². The maximum atomic E-state index is 12.7. The Balaban J connectivity index is 0.00000392. The van der Waals surface area contributed by atoms with E-state index in [2.05, 4.69) is 5.32 Å². The van der Waals surface area contributed by atoms with E-state index in [1.165, 1.54) is 6.08 Å². The van der Waals surface area contributed by atoms with E-state index in [0.29, 0.717) is 31.9 Å². The van der Waals surface area contributed by atoms with Crippen LogP contribution in [0.1, 0.15) is 20.1 Å². The van der Waals surface area contributed by atoms with Gasteiger partial charge in [-0.05, 0) is 37.9 Å². The van der Waals surface area contributed by atoms with Gasteiger partial charge in [-0.3, -0.25) is 9.69 Å². The molecule has 1 atom stereocenters. The summed E-state index contributed by atoms with van der Waals surface area (Å²) in [6.45, 7) is 0. The summed E-state index contributed by atoms with van der Waals surface area (Å²) < 4.78 is 0. The van der Waals surface area contributed by atoms with Gasteiger partial charge in [-0.1, -0.05) is 35.3 Å². The Hall–Kier alpha value is -1.06. The van der Waals surface area contributed by atoms with Crippen LogP contribution in [0.5, 0.6) is 0 Å². The van der Waals surface area contributed by atoms with E-state index in [9.17, 15) is 4.79 Å². The van der Waals surface area contributed by atoms with Crippen molar-refractivity contribution in [2.75, 3.05) is 19.8 Å². The Bertz CT molecular complexity index is 885. The van der Waals surface area contributed by atoms with Crippen LogP contribution in [0.15, 0.2) is 30.3 Å². The number of nitrogen functional groups attached to an aromatic ring is 1. The van der Waals surface area contributed by atoms with E-state index >= 15 is 0 Å². The number of nitrogens with two attached hydrogens (primary N) is 1. The van der Waals surface area contributed by atoms with Crippen molar-refractivity contribution in [1.29, 1.82) is 5.41 Å². The van der Waals surface area contributed by atoms with E-state index < -0.39 is 0 Å². The molecule has 1 aromatic carbocycles. The Morgan fingerprint density at radius 2 is 2.07 bits per heavy atom. The van der Waals surface area contributed by atoms with Gasteiger partial charge in [0.2, 0.25) is 0 Å². The van der Waals surface area contributed by atoms with Crippen LogP contribution in [0.2, 0.25) is 10.0 Å². The molecule has 0 radical (unpaired) electrons. The monoisotopic (exact) mass is 447 g/mol. The number of anilines is 1. The van der Waals surface area contributed by atoms with Gasteiger partial charge in [0.1, 0.15) is 4.88 Å². The standard InChI is InChI=1S/C18H21Cl2N5OS.Na/c1-25(2)16(7-10-3-4-11(19)8-12(10)20)24-18(26)17-14(23)9-15(27-17)13(22)5-6-21;/h3-6,8-9,16H,7H2,1-2H3,(H6,21,22,23,24,26);/q;+1/p-1/t16-;/m1./s1. The van der Waals surface area contributed by atoms with Gasteiger partial charge in [0.25, 0.3) is 5.91 Å². The number of amides is 1. The van der Waals surface area contributed by atoms with Crippen molar-refractivity contribution < 1.29 is 34.4 Å². The number of nitrogens with zero attached hydrogens (tertiary/aromatic N) is 1. The third kappa shape index (κ3) is 6.49. The number of thiophene rings is 1. The number of hydrogen-bond acceptors (Lipinski definition) is 5. The van der Waals surface area contributed by atoms with Crippen molar-refractivity contribution in [1.82, 2.24) is 10.2 Å². The van der Waals surface area contributed by atoms with Crippen LogP contribution in [0.4, 0.5) is 5.69 Å². The minimum absolute atomic E-state index is 0. The van der Waals surface area contributed by atoms with Crippen LogP contribution >= 0.6 is 34.5 Å². The normalized spacial score (nSPS) is 12.4. The molecule has 0 unspecified atom stereocenters. The molecule has 2 aromatic rings. The molecule has 0 saturated carbocycles. The van der Waals surface area contributed by atoms with Crippen molar-refractivity contribution >= 4 is 58.0 Å². The average Bonchev–Trinajstić information content (AvgIpc) is 2.98. The molecule has 1 aromatic heterocycles. The third-order valence-electron chi connectivity index (χ3n) is 3.83. The number of rotatable bonds is 7. The van der Waals surface area contributed by atoms with Crippen molar-refractivity contribution in [3.05, 3.63) is 61.4 Å². The summed E-state index contributed by atoms with van der Waals surface area (Å²) >= 11 is 13.3. The SMILES string of the molecule is CN(C)[C@H](Cc1ccc(Cl)cc1Cl)NC(=O)c1sc(/C([NH-])=C/C=N)cc1N.[Na+]. The van der Waals surface area contributed by atoms with Crippen molar-refractivity contribution in [3.63, 3.8) is 0 Å². The maximum absolute atomic E-state index is 12.7. The molecule has 28 heavy (non-hydrogen) atoms. The fraction of sp³-hybridized carbons (Fsp3) is 0.222. The number of hydrogen-bond donors (Lipinski definition) is 3. The first kappa shape index (κ1) is 25.0. The summed E-state index contributed by atoms with van der Waals surface area (Å²) in [7, 11) is 3.71. The molecule has 2 rings (SSSR count). The van der Waals surface area contributed by atoms with Gasteiger partial charge in [0.15, 0.2) is 0 Å². The number of carbonyl (C=O) groups excluding carboxylic acids is 1. The molecule has 0 aliphatic carbocycles. The summed E-state index contributed by atoms with van der Waals surface area (Å²) in [6, 6.07) is 6.83. The number of allylic oxidation sites excluding steroid dienone is 1. The number of halogens is 2. The molecule has 0 saturated heterocycles. The fourth-order valence-corrected chi connectivity index (χ4v) is 3.75. The van der Waals surface area contributed by atoms with E-state index in [-0.39, 0.29) is 47.3 Å². The number of benzene rings is 1. The smallest absolute Gasteiger partial charge is 0.698 e. The van der Waals surface area contributed by atoms with E-state index in [4.69, 9.17) is 40.1 Å². The summed E-state index contributed by atoms with van der Waals surface area (Å²) in [5.74, 6) is -0.324. The van der Waals surface area contributed by atoms with Gasteiger partial charge in [-0.15, -0.1) is 17.0 Å². The van der Waals surface area contributed by atoms with Crippen LogP contribution in [0, 0.1) is 5.41 Å². The number of likely N-dealkylation sites (N-methyl/N-ethyl adjacent to an activating group) is 1. The third-order valence-corrected chi connectivity index (χ3v) is 5.60. The zero-order chi connectivity index (χ0) is 20.1. The fourth-order valence-electron chi connectivity index (χ4n) is 2.36. The van der Waals surface area contributed by atoms with Crippen LogP contribution in [-0.2, 0) is 6.42 Å². The molecule has 10 heteroatoms. The first-order chi connectivity index (χ1) is 12.7. The summed E-state index contributed by atoms with van der Waals surface area (Å²) in [5, 5.41) is 11.1. The van der Waals surface area contributed by atoms with Gasteiger partial charge in [-0.2, -0.15) is 0 Å². The second-order valence-corrected chi connectivity index (χ2v) is 7.93. The van der Waals surface area contributed by atoms with E-state index in [1.54, 1.807) is 18.2 Å². The predicted molar refractivity (Wildman–Crippen MR) is 115 cm³/mol. The van der Waals surface area contributed by atoms with Gasteiger partial charge >= 0.3 is 29.6 Å². The Labute approximate surface area is 200 Å². The Morgan fingerprint density at radius 1 is 1.39 bits per heavy atom. The summed E-state index contributed by atoms with van der Waals surface area (Å²) in [5.41, 5.74) is 15.1. The molecule has 6 nitrogen and oxygen atoms in total. The molecule has 0 aliphatic heterocycles. The first-order valence-electron chi connectivity index (χ1n) is 7.96. The second kappa shape index (κ2) is 11.2. The van der Waals surface area contributed by atoms with Crippen LogP contribution in [0.3, 0.4) is 0 Å². The van der Waals surface area contributed by atoms with Crippen LogP contribution in [0.25, 0.3) is 11.4 Å². The van der Waals surface area contributed by atoms with Crippen LogP contribution < -0.4 is 40.6 Å². The zero-order valence-corrected chi connectivity index (χ0v) is 20.2. The van der Waals surface area contributed by atoms with Crippen molar-refractivity contribution in [3.8, 4) is 0 Å². The van der Waals surface area contributed by atoms with E-state index in [0.717, 1.165) is 23.1 Å². The van der Waals surface area contributed by atoms with Crippen LogP contribution in [-0.4, -0.2) is 37.3 Å². The molecule has 144 valence electrons. The largest absolute Gasteiger partial charge is 1.00 e. The maximum Gasteiger partial charge on any atom is 1.00 e. The minimum Gasteiger partial charge on any atom is -0.698 e. The van der Waals surface area contributed by atoms with Crippen molar-refractivity contribution in [2.45, 2.75) is 12.6 Å². The predicted octanol–water partition coefficient (Wildman–Crippen LogP) is 1.54. The molecule has 0 fully saturated rings. The molecular formula is C18H20Cl2N5NaOS. The van der Waals surface area contributed by atoms with Gasteiger partial charge in [0.05, 0.1) is 11.9 Å². The molecule has 0 bridgehead atoms. The first-order valence-corrected chi connectivity index (χ1v) is 9.53. The summed E-state index contributed by atoms with van der Waals surface area (Å²) in [4.78, 5) is 15.5. The minimum atomic E-state index is -0.324. The van der Waals surface area contributed by atoms with Gasteiger partial charge < -0.3 is 22.2 Å². The molecule has 5 N–H and O–H groups in total. The topological polar surface area (TPSA) is 106 Å². The summed E-state index contributed by atoms with van der Waals surface area (Å²) in [6.07, 6.45) is 2.53. The zero-order valence-electron chi connectivity index (χ0n) is 15.8. The quantitative estimate of drug-likeness (QED) is 0.340. The molecule has 1 heterocycles. The Morgan fingerprint density at radius 3 is 2.64 bits per heavy atom. The van der Waals surface area contributed by atoms with Gasteiger partial charge in [0, 0.05) is 27.6 Å². The van der Waals surface area contributed by atoms with Crippen molar-refractivity contribution in [2.24, 2.45) is 0 Å². The average molecular weight is 448 g/mol. The second-order valence-electron chi connectivity index (χ2n) is 6.03.